The summed E-state index contributed by atoms with van der Waals surface area (Å²) in [5.74, 6) is -5.14. The fraction of sp³-hybridized carbons (Fsp3) is 0.250. The number of benzene rings is 1. The average Bonchev–Trinajstić information content (AvgIpc) is 2.01. The molecule has 1 aromatic rings. The van der Waals surface area contributed by atoms with Crippen molar-refractivity contribution in [3.05, 3.63) is 29.3 Å². The minimum absolute atomic E-state index is 0.228. The van der Waals surface area contributed by atoms with E-state index in [0.29, 0.717) is 0 Å². The number of halogens is 4. The van der Waals surface area contributed by atoms with Crippen LogP contribution in [0.1, 0.15) is 0 Å². The van der Waals surface area contributed by atoms with Crippen LogP contribution in [0.4, 0.5) is 17.6 Å². The zero-order valence-electron chi connectivity index (χ0n) is 7.04. The van der Waals surface area contributed by atoms with Gasteiger partial charge in [0, 0.05) is 0 Å². The van der Waals surface area contributed by atoms with Crippen molar-refractivity contribution in [2.45, 2.75) is 11.4 Å². The second-order valence-electron chi connectivity index (χ2n) is 2.71. The zero-order chi connectivity index (χ0) is 10.2. The Labute approximate surface area is 77.8 Å². The summed E-state index contributed by atoms with van der Waals surface area (Å²) >= 11 is -1.96. The van der Waals surface area contributed by atoms with E-state index in [1.807, 2.05) is 0 Å². The molecule has 0 fully saturated rings. The second kappa shape index (κ2) is 3.70. The molecule has 0 saturated carbocycles. The number of hydrogen-bond acceptors (Lipinski definition) is 0. The van der Waals surface area contributed by atoms with Crippen LogP contribution in [-0.4, -0.2) is 14.7 Å². The fourth-order valence-corrected chi connectivity index (χ4v) is 3.05. The number of hydrogen-bond donors (Lipinski definition) is 0. The standard InChI is InChI=1S/C8H7AsF4/c1-9(2)6-7(12)4(10)3-5(11)8(6)13/h3H,1-2H3. The van der Waals surface area contributed by atoms with Crippen molar-refractivity contribution < 1.29 is 17.6 Å². The third kappa shape index (κ3) is 1.88. The predicted octanol–water partition coefficient (Wildman–Crippen LogP) is 2.20. The van der Waals surface area contributed by atoms with E-state index in [0.717, 1.165) is 0 Å². The molecule has 0 amide bonds. The van der Waals surface area contributed by atoms with Gasteiger partial charge in [0.2, 0.25) is 0 Å². The van der Waals surface area contributed by atoms with Crippen LogP contribution in [0.5, 0.6) is 0 Å². The molecule has 0 aromatic heterocycles. The maximum absolute atomic E-state index is 12.9. The van der Waals surface area contributed by atoms with Crippen LogP contribution in [0.2, 0.25) is 11.4 Å². The summed E-state index contributed by atoms with van der Waals surface area (Å²) in [5, 5.41) is 0. The molecule has 0 unspecified atom stereocenters. The normalized spacial score (nSPS) is 11.0. The summed E-state index contributed by atoms with van der Waals surface area (Å²) in [4.78, 5) is 0. The van der Waals surface area contributed by atoms with Crippen LogP contribution in [0.15, 0.2) is 6.07 Å². The van der Waals surface area contributed by atoms with Gasteiger partial charge in [-0.15, -0.1) is 0 Å². The Morgan fingerprint density at radius 1 is 0.923 bits per heavy atom. The third-order valence-corrected chi connectivity index (χ3v) is 4.24. The van der Waals surface area contributed by atoms with E-state index in [9.17, 15) is 17.6 Å². The SMILES string of the molecule is C[As](C)c1c(F)c(F)cc(F)c1F. The molecule has 0 atom stereocenters. The molecule has 5 heteroatoms. The molecular formula is C8H7AsF4. The van der Waals surface area contributed by atoms with Gasteiger partial charge in [-0.05, 0) is 0 Å². The van der Waals surface area contributed by atoms with Crippen molar-refractivity contribution >= 4 is 19.0 Å². The van der Waals surface area contributed by atoms with Gasteiger partial charge in [-0.1, -0.05) is 0 Å². The molecule has 0 saturated heterocycles. The van der Waals surface area contributed by atoms with E-state index >= 15 is 0 Å². The summed E-state index contributed by atoms with van der Waals surface area (Å²) in [7, 11) is 0. The molecule has 0 aliphatic heterocycles. The zero-order valence-corrected chi connectivity index (χ0v) is 8.91. The Balaban J connectivity index is 3.46. The first kappa shape index (κ1) is 10.6. The van der Waals surface area contributed by atoms with E-state index in [-0.39, 0.29) is 6.07 Å². The van der Waals surface area contributed by atoms with Crippen molar-refractivity contribution in [1.82, 2.24) is 0 Å². The number of rotatable bonds is 1. The Bertz CT molecular complexity index is 309. The van der Waals surface area contributed by atoms with Crippen molar-refractivity contribution in [2.75, 3.05) is 0 Å². The molecule has 0 spiro atoms. The minimum atomic E-state index is -1.96. The van der Waals surface area contributed by atoms with Crippen molar-refractivity contribution in [2.24, 2.45) is 0 Å². The van der Waals surface area contributed by atoms with Crippen molar-refractivity contribution in [1.29, 1.82) is 0 Å². The molecule has 0 nitrogen and oxygen atoms in total. The van der Waals surface area contributed by atoms with Crippen LogP contribution in [0, 0.1) is 23.3 Å². The third-order valence-electron chi connectivity index (χ3n) is 1.54. The first-order valence-electron chi connectivity index (χ1n) is 3.45. The van der Waals surface area contributed by atoms with Crippen LogP contribution >= 0.6 is 0 Å². The average molecular weight is 254 g/mol. The van der Waals surface area contributed by atoms with E-state index in [2.05, 4.69) is 0 Å². The summed E-state index contributed by atoms with van der Waals surface area (Å²) in [6, 6.07) is 0.228. The quantitative estimate of drug-likeness (QED) is 0.409. The monoisotopic (exact) mass is 254 g/mol. The van der Waals surface area contributed by atoms with E-state index in [4.69, 9.17) is 0 Å². The van der Waals surface area contributed by atoms with Crippen LogP contribution in [-0.2, 0) is 0 Å². The first-order valence-corrected chi connectivity index (χ1v) is 8.14. The van der Waals surface area contributed by atoms with Gasteiger partial charge in [0.1, 0.15) is 0 Å². The second-order valence-corrected chi connectivity index (χ2v) is 7.40. The first-order chi connectivity index (χ1) is 5.95. The van der Waals surface area contributed by atoms with Gasteiger partial charge in [0.15, 0.2) is 0 Å². The van der Waals surface area contributed by atoms with Gasteiger partial charge < -0.3 is 0 Å². The molecule has 0 N–H and O–H groups in total. The van der Waals surface area contributed by atoms with Gasteiger partial charge >= 0.3 is 77.3 Å². The molecule has 0 radical (unpaired) electrons. The van der Waals surface area contributed by atoms with E-state index < -0.39 is 42.3 Å². The van der Waals surface area contributed by atoms with Gasteiger partial charge in [-0.25, -0.2) is 0 Å². The topological polar surface area (TPSA) is 0 Å². The molecular weight excluding hydrogens is 247 g/mol. The van der Waals surface area contributed by atoms with E-state index in [1.165, 1.54) is 0 Å². The van der Waals surface area contributed by atoms with Crippen LogP contribution < -0.4 is 4.35 Å². The maximum atomic E-state index is 12.9. The predicted molar refractivity (Wildman–Crippen MR) is 43.4 cm³/mol. The van der Waals surface area contributed by atoms with Crippen LogP contribution in [0.3, 0.4) is 0 Å². The summed E-state index contributed by atoms with van der Waals surface area (Å²) in [6.07, 6.45) is 0. The van der Waals surface area contributed by atoms with Gasteiger partial charge in [-0.2, -0.15) is 0 Å². The Kier molecular flexibility index (Phi) is 3.01. The fourth-order valence-electron chi connectivity index (χ4n) is 0.953. The summed E-state index contributed by atoms with van der Waals surface area (Å²) in [6.45, 7) is 0. The van der Waals surface area contributed by atoms with Crippen LogP contribution in [0.25, 0.3) is 0 Å². The van der Waals surface area contributed by atoms with Gasteiger partial charge in [-0.3, -0.25) is 0 Å². The van der Waals surface area contributed by atoms with Gasteiger partial charge in [0.25, 0.3) is 0 Å². The Morgan fingerprint density at radius 2 is 1.31 bits per heavy atom. The van der Waals surface area contributed by atoms with E-state index in [1.54, 1.807) is 11.4 Å². The summed E-state index contributed by atoms with van der Waals surface area (Å²) in [5.41, 5.74) is 3.21. The Hall–Kier alpha value is -0.502. The molecule has 1 rings (SSSR count). The Morgan fingerprint density at radius 3 is 1.62 bits per heavy atom. The molecule has 1 aromatic carbocycles. The van der Waals surface area contributed by atoms with Crippen molar-refractivity contribution in [3.63, 3.8) is 0 Å². The molecule has 0 bridgehead atoms. The molecule has 0 aliphatic rings. The molecule has 13 heavy (non-hydrogen) atoms. The molecule has 72 valence electrons. The van der Waals surface area contributed by atoms with Crippen molar-refractivity contribution in [3.8, 4) is 0 Å². The molecule has 0 aliphatic carbocycles. The molecule has 0 heterocycles. The summed E-state index contributed by atoms with van der Waals surface area (Å²) < 4.78 is 50.7. The van der Waals surface area contributed by atoms with Gasteiger partial charge in [0.05, 0.1) is 0 Å².